The van der Waals surface area contributed by atoms with E-state index in [2.05, 4.69) is 9.97 Å². The zero-order valence-corrected chi connectivity index (χ0v) is 9.75. The molecule has 3 nitrogen and oxygen atoms in total. The molecule has 0 aliphatic rings. The lowest BCUT2D eigenvalue weighted by atomic mass is 10.2. The van der Waals surface area contributed by atoms with Gasteiger partial charge < -0.3 is 4.42 Å². The number of hydrogen-bond acceptors (Lipinski definition) is 3. The maximum absolute atomic E-state index is 13.6. The topological polar surface area (TPSA) is 38.9 Å². The molecule has 0 fully saturated rings. The maximum Gasteiger partial charge on any atom is 0.247 e. The van der Waals surface area contributed by atoms with Crippen LogP contribution in [0.4, 0.5) is 13.2 Å². The molecule has 2 heterocycles. The van der Waals surface area contributed by atoms with E-state index in [4.69, 9.17) is 4.42 Å². The van der Waals surface area contributed by atoms with Crippen molar-refractivity contribution < 1.29 is 17.6 Å². The second-order valence-corrected chi connectivity index (χ2v) is 4.02. The van der Waals surface area contributed by atoms with Gasteiger partial charge in [0.05, 0.1) is 5.56 Å². The van der Waals surface area contributed by atoms with E-state index >= 15 is 0 Å². The first kappa shape index (κ1) is 11.7. The second-order valence-electron chi connectivity index (χ2n) is 4.02. The highest BCUT2D eigenvalue weighted by atomic mass is 19.2. The molecule has 0 atom stereocenters. The van der Waals surface area contributed by atoms with Crippen molar-refractivity contribution in [3.8, 4) is 11.5 Å². The average molecular weight is 264 g/mol. The van der Waals surface area contributed by atoms with Gasteiger partial charge in [0.15, 0.2) is 17.5 Å². The second kappa shape index (κ2) is 4.08. The lowest BCUT2D eigenvalue weighted by molar-refractivity contribution is 0.446. The Morgan fingerprint density at radius 2 is 1.74 bits per heavy atom. The molecule has 0 saturated heterocycles. The summed E-state index contributed by atoms with van der Waals surface area (Å²) in [5.41, 5.74) is 1.11. The number of pyridine rings is 1. The Morgan fingerprint density at radius 3 is 2.53 bits per heavy atom. The molecule has 0 aliphatic heterocycles. The van der Waals surface area contributed by atoms with E-state index in [1.54, 1.807) is 19.1 Å². The van der Waals surface area contributed by atoms with E-state index in [1.807, 2.05) is 0 Å². The molecule has 0 amide bonds. The van der Waals surface area contributed by atoms with Crippen molar-refractivity contribution in [1.29, 1.82) is 0 Å². The SMILES string of the molecule is Cc1ccc2nc(-c3ccc(F)c(F)c3F)oc2n1. The molecule has 96 valence electrons. The van der Waals surface area contributed by atoms with Gasteiger partial charge in [-0.1, -0.05) is 0 Å². The smallest absolute Gasteiger partial charge is 0.247 e. The van der Waals surface area contributed by atoms with Crippen LogP contribution in [0.3, 0.4) is 0 Å². The van der Waals surface area contributed by atoms with Crippen molar-refractivity contribution in [2.75, 3.05) is 0 Å². The summed E-state index contributed by atoms with van der Waals surface area (Å²) in [6.07, 6.45) is 0. The number of fused-ring (bicyclic) bond motifs is 1. The monoisotopic (exact) mass is 264 g/mol. The summed E-state index contributed by atoms with van der Waals surface area (Å²) in [5, 5.41) is 0. The highest BCUT2D eigenvalue weighted by molar-refractivity contribution is 5.72. The molecule has 0 aliphatic carbocycles. The Morgan fingerprint density at radius 1 is 0.947 bits per heavy atom. The van der Waals surface area contributed by atoms with E-state index < -0.39 is 17.5 Å². The molecule has 19 heavy (non-hydrogen) atoms. The molecule has 6 heteroatoms. The molecule has 0 spiro atoms. The van der Waals surface area contributed by atoms with Crippen LogP contribution >= 0.6 is 0 Å². The summed E-state index contributed by atoms with van der Waals surface area (Å²) in [4.78, 5) is 8.07. The fourth-order valence-corrected chi connectivity index (χ4v) is 1.72. The number of aromatic nitrogens is 2. The van der Waals surface area contributed by atoms with E-state index in [1.165, 1.54) is 0 Å². The summed E-state index contributed by atoms with van der Waals surface area (Å²) in [7, 11) is 0. The molecule has 3 rings (SSSR count). The van der Waals surface area contributed by atoms with Gasteiger partial charge in [0, 0.05) is 5.69 Å². The number of aryl methyl sites for hydroxylation is 1. The average Bonchev–Trinajstić information content (AvgIpc) is 2.78. The summed E-state index contributed by atoms with van der Waals surface area (Å²) < 4.78 is 44.9. The minimum absolute atomic E-state index is 0.135. The molecule has 0 unspecified atom stereocenters. The van der Waals surface area contributed by atoms with Gasteiger partial charge in [-0.15, -0.1) is 0 Å². The Labute approximate surface area is 105 Å². The van der Waals surface area contributed by atoms with E-state index in [0.717, 1.165) is 12.1 Å². The highest BCUT2D eigenvalue weighted by Gasteiger charge is 2.19. The zero-order valence-electron chi connectivity index (χ0n) is 9.75. The molecule has 0 N–H and O–H groups in total. The molecule has 2 aromatic heterocycles. The molecule has 3 aromatic rings. The molecule has 0 saturated carbocycles. The predicted molar refractivity (Wildman–Crippen MR) is 61.9 cm³/mol. The quantitative estimate of drug-likeness (QED) is 0.630. The molecular weight excluding hydrogens is 257 g/mol. The minimum Gasteiger partial charge on any atom is -0.418 e. The Balaban J connectivity index is 2.22. The van der Waals surface area contributed by atoms with Crippen molar-refractivity contribution in [3.05, 3.63) is 47.4 Å². The third-order valence-corrected chi connectivity index (χ3v) is 2.66. The van der Waals surface area contributed by atoms with Crippen LogP contribution in [0, 0.1) is 24.4 Å². The first-order valence-electron chi connectivity index (χ1n) is 5.44. The normalized spacial score (nSPS) is 11.2. The summed E-state index contributed by atoms with van der Waals surface area (Å²) in [5.74, 6) is -4.27. The van der Waals surface area contributed by atoms with Crippen LogP contribution in [-0.2, 0) is 0 Å². The van der Waals surface area contributed by atoms with Gasteiger partial charge in [-0.05, 0) is 31.2 Å². The van der Waals surface area contributed by atoms with Gasteiger partial charge in [0.2, 0.25) is 11.6 Å². The zero-order chi connectivity index (χ0) is 13.6. The third-order valence-electron chi connectivity index (χ3n) is 2.66. The number of oxazole rings is 1. The van der Waals surface area contributed by atoms with E-state index in [-0.39, 0.29) is 17.2 Å². The van der Waals surface area contributed by atoms with Crippen LogP contribution in [0.25, 0.3) is 22.7 Å². The first-order chi connectivity index (χ1) is 9.06. The number of hydrogen-bond donors (Lipinski definition) is 0. The van der Waals surface area contributed by atoms with Crippen molar-refractivity contribution in [2.24, 2.45) is 0 Å². The van der Waals surface area contributed by atoms with Crippen LogP contribution in [-0.4, -0.2) is 9.97 Å². The van der Waals surface area contributed by atoms with Gasteiger partial charge in [0.25, 0.3) is 0 Å². The summed E-state index contributed by atoms with van der Waals surface area (Å²) in [6, 6.07) is 5.27. The van der Waals surface area contributed by atoms with E-state index in [0.29, 0.717) is 11.2 Å². The Bertz CT molecular complexity index is 783. The Kier molecular flexibility index (Phi) is 2.51. The van der Waals surface area contributed by atoms with Crippen LogP contribution in [0.1, 0.15) is 5.69 Å². The van der Waals surface area contributed by atoms with Crippen LogP contribution in [0.15, 0.2) is 28.7 Å². The van der Waals surface area contributed by atoms with Crippen LogP contribution in [0.5, 0.6) is 0 Å². The van der Waals surface area contributed by atoms with Crippen molar-refractivity contribution in [3.63, 3.8) is 0 Å². The standard InChI is InChI=1S/C13H7F3N2O/c1-6-2-5-9-13(17-6)19-12(18-9)7-3-4-8(14)11(16)10(7)15/h2-5H,1H3. The van der Waals surface area contributed by atoms with Gasteiger partial charge in [-0.25, -0.2) is 23.1 Å². The van der Waals surface area contributed by atoms with Gasteiger partial charge in [-0.3, -0.25) is 0 Å². The summed E-state index contributed by atoms with van der Waals surface area (Å²) >= 11 is 0. The molecule has 0 bridgehead atoms. The van der Waals surface area contributed by atoms with Gasteiger partial charge >= 0.3 is 0 Å². The third kappa shape index (κ3) is 1.85. The van der Waals surface area contributed by atoms with Crippen molar-refractivity contribution >= 4 is 11.2 Å². The number of nitrogens with zero attached hydrogens (tertiary/aromatic N) is 2. The summed E-state index contributed by atoms with van der Waals surface area (Å²) in [6.45, 7) is 1.76. The van der Waals surface area contributed by atoms with Gasteiger partial charge in [-0.2, -0.15) is 0 Å². The van der Waals surface area contributed by atoms with Gasteiger partial charge in [0.1, 0.15) is 5.52 Å². The Hall–Kier alpha value is -2.37. The van der Waals surface area contributed by atoms with Crippen LogP contribution < -0.4 is 0 Å². The molecule has 1 aromatic carbocycles. The first-order valence-corrected chi connectivity index (χ1v) is 5.44. The maximum atomic E-state index is 13.6. The van der Waals surface area contributed by atoms with E-state index in [9.17, 15) is 13.2 Å². The van der Waals surface area contributed by atoms with Crippen molar-refractivity contribution in [2.45, 2.75) is 6.92 Å². The fourth-order valence-electron chi connectivity index (χ4n) is 1.72. The number of rotatable bonds is 1. The number of halogens is 3. The minimum atomic E-state index is -1.55. The number of benzene rings is 1. The highest BCUT2D eigenvalue weighted by Crippen LogP contribution is 2.27. The van der Waals surface area contributed by atoms with Crippen LogP contribution in [0.2, 0.25) is 0 Å². The fraction of sp³-hybridized carbons (Fsp3) is 0.0769. The largest absolute Gasteiger partial charge is 0.418 e. The lowest BCUT2D eigenvalue weighted by Gasteiger charge is -1.99. The predicted octanol–water partition coefficient (Wildman–Crippen LogP) is 3.62. The molecule has 0 radical (unpaired) electrons. The lowest BCUT2D eigenvalue weighted by Crippen LogP contribution is -1.93. The van der Waals surface area contributed by atoms with Crippen molar-refractivity contribution in [1.82, 2.24) is 9.97 Å². The molecular formula is C13H7F3N2O.